The third kappa shape index (κ3) is 5.38. The number of rotatable bonds is 6. The maximum atomic E-state index is 11.8. The van der Waals surface area contributed by atoms with Crippen molar-refractivity contribution in [2.75, 3.05) is 13.2 Å². The van der Waals surface area contributed by atoms with E-state index in [-0.39, 0.29) is 12.1 Å². The Bertz CT molecular complexity index is 441. The van der Waals surface area contributed by atoms with Gasteiger partial charge in [0.05, 0.1) is 18.3 Å². The largest absolute Gasteiger partial charge is 0.378 e. The molecule has 0 aromatic carbocycles. The number of ether oxygens (including phenoxy) is 1. The van der Waals surface area contributed by atoms with Gasteiger partial charge in [-0.15, -0.1) is 0 Å². The molecule has 0 spiro atoms. The van der Waals surface area contributed by atoms with Crippen molar-refractivity contribution >= 4 is 6.03 Å². The molecule has 0 bridgehead atoms. The maximum Gasteiger partial charge on any atom is 0.315 e. The molecular weight excluding hydrogens is 268 g/mol. The minimum absolute atomic E-state index is 0.0413. The topological polar surface area (TPSA) is 68.2 Å². The summed E-state index contributed by atoms with van der Waals surface area (Å²) in [6.45, 7) is 3.53. The maximum absolute atomic E-state index is 11.8. The molecule has 2 N–H and O–H groups in total. The molecule has 2 amide bonds. The van der Waals surface area contributed by atoms with Gasteiger partial charge in [-0.1, -0.05) is 0 Å². The number of hydrogen-bond acceptors (Lipinski definition) is 3. The normalized spacial score (nSPS) is 20.0. The van der Waals surface area contributed by atoms with Gasteiger partial charge in [0.15, 0.2) is 0 Å². The molecule has 6 heteroatoms. The standard InChI is InChI=1S/C15H26N4O2/c1-12(13-10-17-19(2)11-13)18-15(20)16-8-5-7-14-6-3-4-9-21-14/h10-12,14H,3-9H2,1-2H3,(H2,16,18,20)/t12-,14+/m0/s1. The molecular formula is C15H26N4O2. The number of urea groups is 1. The number of amides is 2. The van der Waals surface area contributed by atoms with Crippen LogP contribution >= 0.6 is 0 Å². The van der Waals surface area contributed by atoms with E-state index in [9.17, 15) is 4.79 Å². The fourth-order valence-electron chi connectivity index (χ4n) is 2.56. The SMILES string of the molecule is C[C@H](NC(=O)NCCC[C@H]1CCCCO1)c1cnn(C)c1. The van der Waals surface area contributed by atoms with Crippen LogP contribution in [0.25, 0.3) is 0 Å². The van der Waals surface area contributed by atoms with Crippen LogP contribution in [0.1, 0.15) is 50.6 Å². The van der Waals surface area contributed by atoms with Crippen LogP contribution in [0.3, 0.4) is 0 Å². The van der Waals surface area contributed by atoms with Crippen molar-refractivity contribution in [1.29, 1.82) is 0 Å². The highest BCUT2D eigenvalue weighted by atomic mass is 16.5. The number of aryl methyl sites for hydroxylation is 1. The summed E-state index contributed by atoms with van der Waals surface area (Å²) < 4.78 is 7.40. The van der Waals surface area contributed by atoms with E-state index in [2.05, 4.69) is 15.7 Å². The Hall–Kier alpha value is -1.56. The molecule has 6 nitrogen and oxygen atoms in total. The molecule has 2 rings (SSSR count). The molecule has 118 valence electrons. The Labute approximate surface area is 126 Å². The van der Waals surface area contributed by atoms with Crippen LogP contribution in [-0.2, 0) is 11.8 Å². The van der Waals surface area contributed by atoms with Gasteiger partial charge in [0.25, 0.3) is 0 Å². The Kier molecular flexibility index (Phi) is 6.04. The lowest BCUT2D eigenvalue weighted by atomic mass is 10.0. The van der Waals surface area contributed by atoms with Crippen molar-refractivity contribution in [3.63, 3.8) is 0 Å². The average Bonchev–Trinajstić information content (AvgIpc) is 2.91. The van der Waals surface area contributed by atoms with Gasteiger partial charge in [-0.25, -0.2) is 4.79 Å². The zero-order valence-electron chi connectivity index (χ0n) is 13.0. The second-order valence-electron chi connectivity index (χ2n) is 5.70. The molecule has 1 fully saturated rings. The van der Waals surface area contributed by atoms with E-state index in [1.165, 1.54) is 12.8 Å². The molecule has 1 aliphatic heterocycles. The first-order valence-electron chi connectivity index (χ1n) is 7.79. The number of carbonyl (C=O) groups excluding carboxylic acids is 1. The van der Waals surface area contributed by atoms with Crippen molar-refractivity contribution in [3.8, 4) is 0 Å². The summed E-state index contributed by atoms with van der Waals surface area (Å²) in [5.41, 5.74) is 1.00. The number of hydrogen-bond donors (Lipinski definition) is 2. The summed E-state index contributed by atoms with van der Waals surface area (Å²) in [5.74, 6) is 0. The van der Waals surface area contributed by atoms with Crippen LogP contribution in [0.5, 0.6) is 0 Å². The molecule has 1 saturated heterocycles. The fraction of sp³-hybridized carbons (Fsp3) is 0.733. The summed E-state index contributed by atoms with van der Waals surface area (Å²) in [5, 5.41) is 9.91. The van der Waals surface area contributed by atoms with Crippen LogP contribution in [0.2, 0.25) is 0 Å². The Morgan fingerprint density at radius 1 is 1.57 bits per heavy atom. The highest BCUT2D eigenvalue weighted by Crippen LogP contribution is 2.16. The minimum atomic E-state index is -0.129. The molecule has 1 aromatic rings. The van der Waals surface area contributed by atoms with Gasteiger partial charge in [-0.2, -0.15) is 5.10 Å². The molecule has 2 heterocycles. The zero-order chi connectivity index (χ0) is 15.1. The first-order chi connectivity index (χ1) is 10.1. The fourth-order valence-corrected chi connectivity index (χ4v) is 2.56. The minimum Gasteiger partial charge on any atom is -0.378 e. The number of aromatic nitrogens is 2. The van der Waals surface area contributed by atoms with Crippen LogP contribution in [0.15, 0.2) is 12.4 Å². The summed E-state index contributed by atoms with van der Waals surface area (Å²) in [6.07, 6.45) is 9.65. The summed E-state index contributed by atoms with van der Waals surface area (Å²) in [6, 6.07) is -0.170. The van der Waals surface area contributed by atoms with Gasteiger partial charge < -0.3 is 15.4 Å². The highest BCUT2D eigenvalue weighted by Gasteiger charge is 2.14. The van der Waals surface area contributed by atoms with E-state index in [1.54, 1.807) is 10.9 Å². The summed E-state index contributed by atoms with van der Waals surface area (Å²) >= 11 is 0. The van der Waals surface area contributed by atoms with Crippen molar-refractivity contribution in [2.45, 2.75) is 51.2 Å². The first kappa shape index (κ1) is 15.8. The van der Waals surface area contributed by atoms with Crippen LogP contribution < -0.4 is 10.6 Å². The van der Waals surface area contributed by atoms with E-state index in [4.69, 9.17) is 4.74 Å². The number of nitrogens with zero attached hydrogens (tertiary/aromatic N) is 2. The number of carbonyl (C=O) groups is 1. The molecule has 0 aliphatic carbocycles. The molecule has 0 radical (unpaired) electrons. The van der Waals surface area contributed by atoms with Crippen molar-refractivity contribution < 1.29 is 9.53 Å². The molecule has 0 saturated carbocycles. The van der Waals surface area contributed by atoms with Crippen LogP contribution in [0.4, 0.5) is 4.79 Å². The summed E-state index contributed by atoms with van der Waals surface area (Å²) in [4.78, 5) is 11.8. The van der Waals surface area contributed by atoms with Crippen molar-refractivity contribution in [2.24, 2.45) is 7.05 Å². The van der Waals surface area contributed by atoms with Gasteiger partial charge in [0.2, 0.25) is 0 Å². The average molecular weight is 294 g/mol. The monoisotopic (exact) mass is 294 g/mol. The Morgan fingerprint density at radius 2 is 2.43 bits per heavy atom. The van der Waals surface area contributed by atoms with Gasteiger partial charge >= 0.3 is 6.03 Å². The Balaban J connectivity index is 1.58. The second-order valence-corrected chi connectivity index (χ2v) is 5.70. The highest BCUT2D eigenvalue weighted by molar-refractivity contribution is 5.74. The third-order valence-electron chi connectivity index (χ3n) is 3.83. The molecule has 2 atom stereocenters. The predicted molar refractivity (Wildman–Crippen MR) is 81.0 cm³/mol. The van der Waals surface area contributed by atoms with Gasteiger partial charge in [0, 0.05) is 32.0 Å². The molecule has 0 unspecified atom stereocenters. The summed E-state index contributed by atoms with van der Waals surface area (Å²) in [7, 11) is 1.86. The third-order valence-corrected chi connectivity index (χ3v) is 3.83. The lowest BCUT2D eigenvalue weighted by molar-refractivity contribution is 0.0103. The smallest absolute Gasteiger partial charge is 0.315 e. The molecule has 21 heavy (non-hydrogen) atoms. The number of nitrogens with one attached hydrogen (secondary N) is 2. The van der Waals surface area contributed by atoms with Crippen LogP contribution in [-0.4, -0.2) is 35.1 Å². The van der Waals surface area contributed by atoms with Crippen molar-refractivity contribution in [3.05, 3.63) is 18.0 Å². The molecule has 1 aromatic heterocycles. The zero-order valence-corrected chi connectivity index (χ0v) is 13.0. The second kappa shape index (κ2) is 8.02. The quantitative estimate of drug-likeness (QED) is 0.790. The Morgan fingerprint density at radius 3 is 3.10 bits per heavy atom. The van der Waals surface area contributed by atoms with E-state index in [1.807, 2.05) is 20.2 Å². The first-order valence-corrected chi connectivity index (χ1v) is 7.79. The lowest BCUT2D eigenvalue weighted by Crippen LogP contribution is -2.37. The predicted octanol–water partition coefficient (Wildman–Crippen LogP) is 2.13. The van der Waals surface area contributed by atoms with Gasteiger partial charge in [-0.05, 0) is 39.0 Å². The van der Waals surface area contributed by atoms with E-state index >= 15 is 0 Å². The lowest BCUT2D eigenvalue weighted by Gasteiger charge is -2.22. The van der Waals surface area contributed by atoms with E-state index < -0.39 is 0 Å². The van der Waals surface area contributed by atoms with Crippen molar-refractivity contribution in [1.82, 2.24) is 20.4 Å². The van der Waals surface area contributed by atoms with Gasteiger partial charge in [-0.3, -0.25) is 4.68 Å². The van der Waals surface area contributed by atoms with E-state index in [0.717, 1.165) is 31.4 Å². The van der Waals surface area contributed by atoms with E-state index in [0.29, 0.717) is 12.6 Å². The van der Waals surface area contributed by atoms with Gasteiger partial charge in [0.1, 0.15) is 0 Å². The van der Waals surface area contributed by atoms with Crippen LogP contribution in [0, 0.1) is 0 Å². The molecule has 1 aliphatic rings.